The van der Waals surface area contributed by atoms with Crippen LogP contribution in [0.5, 0.6) is 0 Å². The number of para-hydroxylation sites is 1. The van der Waals surface area contributed by atoms with Gasteiger partial charge in [0.15, 0.2) is 0 Å². The summed E-state index contributed by atoms with van der Waals surface area (Å²) in [4.78, 5) is 2.41. The third-order valence-corrected chi connectivity index (χ3v) is 4.24. The number of benzene rings is 1. The molecule has 0 spiro atoms. The minimum Gasteiger partial charge on any atom is -0.384 e. The molecule has 0 saturated heterocycles. The predicted molar refractivity (Wildman–Crippen MR) is 87.3 cm³/mol. The first kappa shape index (κ1) is 15.3. The third kappa shape index (κ3) is 4.22. The Balaban J connectivity index is 1.63. The monoisotopic (exact) mass is 275 g/mol. The van der Waals surface area contributed by atoms with Gasteiger partial charge in [0, 0.05) is 24.8 Å². The van der Waals surface area contributed by atoms with Crippen molar-refractivity contribution in [2.75, 3.05) is 32.0 Å². The number of hydrogen-bond acceptors (Lipinski definition) is 3. The average Bonchev–Trinajstić information content (AvgIpc) is 2.91. The molecule has 2 N–H and O–H groups in total. The van der Waals surface area contributed by atoms with Gasteiger partial charge in [-0.05, 0) is 64.4 Å². The lowest BCUT2D eigenvalue weighted by Gasteiger charge is -2.20. The summed E-state index contributed by atoms with van der Waals surface area (Å²) in [5.41, 5.74) is 4.27. The molecule has 1 aliphatic rings. The Hall–Kier alpha value is -1.06. The standard InChI is InChI=1S/C17H29N3/c1-14(2)20(3)12-5-4-10-18-13-16-8-6-7-15-9-11-19-17(15)16/h6-8,14,18-19H,4-5,9-13H2,1-3H3. The molecule has 2 rings (SSSR count). The number of fused-ring (bicyclic) bond motifs is 1. The molecule has 0 aliphatic carbocycles. The van der Waals surface area contributed by atoms with E-state index in [4.69, 9.17) is 0 Å². The second-order valence-corrected chi connectivity index (χ2v) is 6.09. The van der Waals surface area contributed by atoms with Crippen LogP contribution >= 0.6 is 0 Å². The van der Waals surface area contributed by atoms with Crippen LogP contribution in [0.4, 0.5) is 5.69 Å². The van der Waals surface area contributed by atoms with E-state index in [2.05, 4.69) is 54.6 Å². The summed E-state index contributed by atoms with van der Waals surface area (Å²) < 4.78 is 0. The summed E-state index contributed by atoms with van der Waals surface area (Å²) in [7, 11) is 2.21. The highest BCUT2D eigenvalue weighted by Gasteiger charge is 2.12. The van der Waals surface area contributed by atoms with Crippen molar-refractivity contribution in [3.63, 3.8) is 0 Å². The van der Waals surface area contributed by atoms with E-state index in [0.717, 1.165) is 19.6 Å². The van der Waals surface area contributed by atoms with Crippen LogP contribution in [-0.2, 0) is 13.0 Å². The molecular weight excluding hydrogens is 246 g/mol. The second kappa shape index (κ2) is 7.65. The van der Waals surface area contributed by atoms with Crippen LogP contribution in [0, 0.1) is 0 Å². The predicted octanol–water partition coefficient (Wildman–Crippen LogP) is 2.86. The smallest absolute Gasteiger partial charge is 0.0419 e. The molecule has 1 heterocycles. The van der Waals surface area contributed by atoms with E-state index >= 15 is 0 Å². The van der Waals surface area contributed by atoms with E-state index < -0.39 is 0 Å². The molecule has 1 aliphatic heterocycles. The van der Waals surface area contributed by atoms with Crippen LogP contribution in [0.15, 0.2) is 18.2 Å². The number of anilines is 1. The Morgan fingerprint density at radius 1 is 1.30 bits per heavy atom. The Morgan fingerprint density at radius 2 is 2.15 bits per heavy atom. The van der Waals surface area contributed by atoms with E-state index in [1.165, 1.54) is 42.6 Å². The zero-order chi connectivity index (χ0) is 14.4. The van der Waals surface area contributed by atoms with Crippen LogP contribution in [0.1, 0.15) is 37.8 Å². The molecule has 0 unspecified atom stereocenters. The minimum atomic E-state index is 0.654. The van der Waals surface area contributed by atoms with Gasteiger partial charge in [0.2, 0.25) is 0 Å². The van der Waals surface area contributed by atoms with Gasteiger partial charge in [-0.2, -0.15) is 0 Å². The van der Waals surface area contributed by atoms with Crippen LogP contribution in [-0.4, -0.2) is 37.6 Å². The molecule has 0 radical (unpaired) electrons. The largest absolute Gasteiger partial charge is 0.384 e. The molecule has 0 saturated carbocycles. The fourth-order valence-corrected chi connectivity index (χ4v) is 2.65. The highest BCUT2D eigenvalue weighted by molar-refractivity contribution is 5.61. The highest BCUT2D eigenvalue weighted by Crippen LogP contribution is 2.26. The van der Waals surface area contributed by atoms with Gasteiger partial charge in [-0.1, -0.05) is 18.2 Å². The number of rotatable bonds is 8. The first-order valence-corrected chi connectivity index (χ1v) is 7.94. The van der Waals surface area contributed by atoms with Gasteiger partial charge in [-0.25, -0.2) is 0 Å². The van der Waals surface area contributed by atoms with E-state index in [1.54, 1.807) is 0 Å². The summed E-state index contributed by atoms with van der Waals surface area (Å²) in [6.07, 6.45) is 3.69. The van der Waals surface area contributed by atoms with Crippen molar-refractivity contribution < 1.29 is 0 Å². The Kier molecular flexibility index (Phi) is 5.86. The van der Waals surface area contributed by atoms with E-state index in [-0.39, 0.29) is 0 Å². The van der Waals surface area contributed by atoms with Crippen molar-refractivity contribution in [1.82, 2.24) is 10.2 Å². The lowest BCUT2D eigenvalue weighted by Crippen LogP contribution is -2.27. The van der Waals surface area contributed by atoms with Crippen molar-refractivity contribution in [3.8, 4) is 0 Å². The summed E-state index contributed by atoms with van der Waals surface area (Å²) in [6.45, 7) is 8.88. The van der Waals surface area contributed by atoms with Gasteiger partial charge in [-0.15, -0.1) is 0 Å². The summed E-state index contributed by atoms with van der Waals surface area (Å²) in [5.74, 6) is 0. The third-order valence-electron chi connectivity index (χ3n) is 4.24. The molecular formula is C17H29N3. The number of nitrogens with zero attached hydrogens (tertiary/aromatic N) is 1. The molecule has 3 nitrogen and oxygen atoms in total. The SMILES string of the molecule is CC(C)N(C)CCCCNCc1cccc2c1NCC2. The fraction of sp³-hybridized carbons (Fsp3) is 0.647. The van der Waals surface area contributed by atoms with Gasteiger partial charge >= 0.3 is 0 Å². The fourth-order valence-electron chi connectivity index (χ4n) is 2.65. The van der Waals surface area contributed by atoms with Gasteiger partial charge in [0.05, 0.1) is 0 Å². The van der Waals surface area contributed by atoms with Crippen LogP contribution in [0.2, 0.25) is 0 Å². The lowest BCUT2D eigenvalue weighted by molar-refractivity contribution is 0.268. The summed E-state index contributed by atoms with van der Waals surface area (Å²) in [5, 5.41) is 7.08. The first-order valence-electron chi connectivity index (χ1n) is 7.94. The molecule has 112 valence electrons. The molecule has 0 atom stereocenters. The summed E-state index contributed by atoms with van der Waals surface area (Å²) in [6, 6.07) is 7.30. The maximum Gasteiger partial charge on any atom is 0.0419 e. The maximum absolute atomic E-state index is 3.58. The van der Waals surface area contributed by atoms with Gasteiger partial charge in [-0.3, -0.25) is 0 Å². The second-order valence-electron chi connectivity index (χ2n) is 6.09. The number of hydrogen-bond donors (Lipinski definition) is 2. The topological polar surface area (TPSA) is 27.3 Å². The quantitative estimate of drug-likeness (QED) is 0.714. The van der Waals surface area contributed by atoms with Crippen molar-refractivity contribution in [3.05, 3.63) is 29.3 Å². The van der Waals surface area contributed by atoms with Crippen molar-refractivity contribution in [2.45, 2.75) is 45.7 Å². The van der Waals surface area contributed by atoms with Gasteiger partial charge in [0.25, 0.3) is 0 Å². The van der Waals surface area contributed by atoms with Gasteiger partial charge < -0.3 is 15.5 Å². The molecule has 0 amide bonds. The van der Waals surface area contributed by atoms with E-state index in [1.807, 2.05) is 0 Å². The van der Waals surface area contributed by atoms with Gasteiger partial charge in [0.1, 0.15) is 0 Å². The normalized spacial score (nSPS) is 13.8. The Bertz CT molecular complexity index is 415. The molecule has 0 fully saturated rings. The highest BCUT2D eigenvalue weighted by atomic mass is 15.1. The van der Waals surface area contributed by atoms with Crippen molar-refractivity contribution >= 4 is 5.69 Å². The van der Waals surface area contributed by atoms with Crippen LogP contribution in [0.3, 0.4) is 0 Å². The van der Waals surface area contributed by atoms with E-state index in [9.17, 15) is 0 Å². The zero-order valence-corrected chi connectivity index (χ0v) is 13.2. The molecule has 1 aromatic rings. The zero-order valence-electron chi connectivity index (χ0n) is 13.2. The van der Waals surface area contributed by atoms with Crippen LogP contribution in [0.25, 0.3) is 0 Å². The van der Waals surface area contributed by atoms with Crippen molar-refractivity contribution in [2.24, 2.45) is 0 Å². The molecule has 20 heavy (non-hydrogen) atoms. The Labute approximate surface area is 123 Å². The first-order chi connectivity index (χ1) is 9.68. The van der Waals surface area contributed by atoms with Crippen LogP contribution < -0.4 is 10.6 Å². The molecule has 0 bridgehead atoms. The number of unbranched alkanes of at least 4 members (excludes halogenated alkanes) is 1. The van der Waals surface area contributed by atoms with Crippen molar-refractivity contribution in [1.29, 1.82) is 0 Å². The molecule has 0 aromatic heterocycles. The lowest BCUT2D eigenvalue weighted by atomic mass is 10.1. The minimum absolute atomic E-state index is 0.654. The maximum atomic E-state index is 3.58. The average molecular weight is 275 g/mol. The molecule has 1 aromatic carbocycles. The Morgan fingerprint density at radius 3 is 2.95 bits per heavy atom. The molecule has 3 heteroatoms. The summed E-state index contributed by atoms with van der Waals surface area (Å²) >= 11 is 0. The number of nitrogens with one attached hydrogen (secondary N) is 2. The van der Waals surface area contributed by atoms with E-state index in [0.29, 0.717) is 6.04 Å².